The Hall–Kier alpha value is -4.12. The minimum atomic E-state index is -1.64. The molecule has 2 aliphatic rings. The highest BCUT2D eigenvalue weighted by Gasteiger charge is 2.53. The lowest BCUT2D eigenvalue weighted by molar-refractivity contribution is 0.425. The van der Waals surface area contributed by atoms with Crippen molar-refractivity contribution in [3.05, 3.63) is 125 Å². The molecule has 4 heteroatoms. The van der Waals surface area contributed by atoms with Gasteiger partial charge in [0.1, 0.15) is 11.2 Å². The molecule has 0 unspecified atom stereocenters. The summed E-state index contributed by atoms with van der Waals surface area (Å²) in [4.78, 5) is 0. The molecule has 1 heterocycles. The van der Waals surface area contributed by atoms with Gasteiger partial charge in [-0.15, -0.1) is 0 Å². The average molecular weight is 450 g/mol. The van der Waals surface area contributed by atoms with Gasteiger partial charge in [0.2, 0.25) is 0 Å². The lowest BCUT2D eigenvalue weighted by Crippen LogP contribution is -2.32. The minimum absolute atomic E-state index is 0.390. The van der Waals surface area contributed by atoms with Gasteiger partial charge in [0.15, 0.2) is 0 Å². The van der Waals surface area contributed by atoms with Gasteiger partial charge in [-0.1, -0.05) is 97.1 Å². The van der Waals surface area contributed by atoms with Crippen molar-refractivity contribution in [1.82, 2.24) is 0 Å². The summed E-state index contributed by atoms with van der Waals surface area (Å²) >= 11 is 0. The van der Waals surface area contributed by atoms with E-state index in [1.54, 1.807) is 0 Å². The standard InChI is InChI=1S/C31H19BO3/c33-32(34)26-17-22-20-11-3-7-15-25(20)31(29(22)28-21-12-4-8-16-27(21)35-30(26)28)23-13-5-1-9-18(23)19-10-2-6-14-24(19)31/h1-17,33-34H. The predicted octanol–water partition coefficient (Wildman–Crippen LogP) is 5.61. The SMILES string of the molecule is OB(O)c1cc2c(c3c1oc1ccccc13)C1(c3ccccc3-c3ccccc31)c1ccccc1-2. The van der Waals surface area contributed by atoms with E-state index < -0.39 is 12.5 Å². The van der Waals surface area contributed by atoms with E-state index in [1.807, 2.05) is 24.3 Å². The fraction of sp³-hybridized carbons (Fsp3) is 0.0323. The first-order valence-corrected chi connectivity index (χ1v) is 11.9. The summed E-state index contributed by atoms with van der Waals surface area (Å²) in [6.07, 6.45) is 0. The molecule has 8 rings (SSSR count). The van der Waals surface area contributed by atoms with Crippen molar-refractivity contribution in [3.63, 3.8) is 0 Å². The number of benzene rings is 5. The number of para-hydroxylation sites is 1. The molecular weight excluding hydrogens is 431 g/mol. The van der Waals surface area contributed by atoms with E-state index in [0.717, 1.165) is 33.0 Å². The van der Waals surface area contributed by atoms with E-state index >= 15 is 0 Å². The van der Waals surface area contributed by atoms with Crippen molar-refractivity contribution in [1.29, 1.82) is 0 Å². The quantitative estimate of drug-likeness (QED) is 0.320. The molecule has 0 fully saturated rings. The van der Waals surface area contributed by atoms with Crippen LogP contribution in [0.4, 0.5) is 0 Å². The fourth-order valence-corrected chi connectivity index (χ4v) is 6.69. The molecule has 0 radical (unpaired) electrons. The van der Waals surface area contributed by atoms with Crippen LogP contribution in [0.5, 0.6) is 0 Å². The smallest absolute Gasteiger partial charge is 0.456 e. The largest absolute Gasteiger partial charge is 0.492 e. The van der Waals surface area contributed by atoms with E-state index in [2.05, 4.69) is 78.9 Å². The minimum Gasteiger partial charge on any atom is -0.456 e. The number of fused-ring (bicyclic) bond motifs is 14. The Morgan fingerprint density at radius 1 is 0.600 bits per heavy atom. The average Bonchev–Trinajstić information content (AvgIpc) is 3.52. The summed E-state index contributed by atoms with van der Waals surface area (Å²) in [5, 5.41) is 22.7. The Bertz CT molecular complexity index is 1800. The van der Waals surface area contributed by atoms with Crippen molar-refractivity contribution in [3.8, 4) is 22.3 Å². The number of rotatable bonds is 1. The summed E-state index contributed by atoms with van der Waals surface area (Å²) in [5.41, 5.74) is 10.6. The van der Waals surface area contributed by atoms with Crippen molar-refractivity contribution < 1.29 is 14.5 Å². The van der Waals surface area contributed by atoms with Crippen molar-refractivity contribution >= 4 is 34.5 Å². The first kappa shape index (κ1) is 19.2. The monoisotopic (exact) mass is 450 g/mol. The molecular formula is C31H19BO3. The van der Waals surface area contributed by atoms with Crippen molar-refractivity contribution in [2.24, 2.45) is 0 Å². The first-order chi connectivity index (χ1) is 17.2. The van der Waals surface area contributed by atoms with Crippen LogP contribution < -0.4 is 5.46 Å². The fourth-order valence-electron chi connectivity index (χ4n) is 6.69. The van der Waals surface area contributed by atoms with Gasteiger partial charge >= 0.3 is 7.12 Å². The second-order valence-corrected chi connectivity index (χ2v) is 9.45. The third-order valence-electron chi connectivity index (χ3n) is 7.90. The van der Waals surface area contributed by atoms with E-state index in [1.165, 1.54) is 27.8 Å². The summed E-state index contributed by atoms with van der Waals surface area (Å²) in [6, 6.07) is 35.7. The van der Waals surface area contributed by atoms with Gasteiger partial charge in [0.05, 0.1) is 5.41 Å². The highest BCUT2D eigenvalue weighted by molar-refractivity contribution is 6.62. The van der Waals surface area contributed by atoms with Gasteiger partial charge in [0.25, 0.3) is 0 Å². The van der Waals surface area contributed by atoms with E-state index in [4.69, 9.17) is 4.42 Å². The molecule has 6 aromatic rings. The maximum atomic E-state index is 10.4. The molecule has 0 saturated heterocycles. The maximum Gasteiger partial charge on any atom is 0.492 e. The molecule has 5 aromatic carbocycles. The summed E-state index contributed by atoms with van der Waals surface area (Å²) in [7, 11) is -1.64. The zero-order valence-corrected chi connectivity index (χ0v) is 18.7. The Kier molecular flexibility index (Phi) is 3.57. The Labute approximate surface area is 202 Å². The van der Waals surface area contributed by atoms with Crippen molar-refractivity contribution in [2.45, 2.75) is 5.41 Å². The molecule has 0 atom stereocenters. The van der Waals surface area contributed by atoms with Crippen LogP contribution in [-0.4, -0.2) is 17.2 Å². The van der Waals surface area contributed by atoms with Crippen LogP contribution in [0.3, 0.4) is 0 Å². The van der Waals surface area contributed by atoms with Crippen LogP contribution in [0.15, 0.2) is 108 Å². The predicted molar refractivity (Wildman–Crippen MR) is 140 cm³/mol. The third-order valence-corrected chi connectivity index (χ3v) is 7.90. The molecule has 0 amide bonds. The molecule has 3 nitrogen and oxygen atoms in total. The number of furan rings is 1. The zero-order valence-electron chi connectivity index (χ0n) is 18.7. The maximum absolute atomic E-state index is 10.4. The molecule has 0 aliphatic heterocycles. The first-order valence-electron chi connectivity index (χ1n) is 11.9. The van der Waals surface area contributed by atoms with Gasteiger partial charge in [-0.25, -0.2) is 0 Å². The van der Waals surface area contributed by atoms with E-state index in [0.29, 0.717) is 11.0 Å². The van der Waals surface area contributed by atoms with Crippen LogP contribution in [-0.2, 0) is 5.41 Å². The molecule has 1 aromatic heterocycles. The van der Waals surface area contributed by atoms with Crippen LogP contribution in [0, 0.1) is 0 Å². The van der Waals surface area contributed by atoms with Gasteiger partial charge in [-0.05, 0) is 50.6 Å². The molecule has 0 bridgehead atoms. The topological polar surface area (TPSA) is 53.6 Å². The normalized spacial score (nSPS) is 14.2. The molecule has 0 saturated carbocycles. The van der Waals surface area contributed by atoms with Crippen LogP contribution >= 0.6 is 0 Å². The van der Waals surface area contributed by atoms with Gasteiger partial charge in [0, 0.05) is 16.2 Å². The van der Waals surface area contributed by atoms with Crippen LogP contribution in [0.25, 0.3) is 44.2 Å². The highest BCUT2D eigenvalue weighted by Crippen LogP contribution is 2.64. The van der Waals surface area contributed by atoms with Gasteiger partial charge in [-0.2, -0.15) is 0 Å². The van der Waals surface area contributed by atoms with E-state index in [9.17, 15) is 10.0 Å². The molecule has 35 heavy (non-hydrogen) atoms. The Balaban J connectivity index is 1.69. The highest BCUT2D eigenvalue weighted by atomic mass is 16.4. The molecule has 1 spiro atoms. The van der Waals surface area contributed by atoms with Crippen molar-refractivity contribution in [2.75, 3.05) is 0 Å². The van der Waals surface area contributed by atoms with Gasteiger partial charge in [-0.3, -0.25) is 0 Å². The molecule has 2 aliphatic carbocycles. The van der Waals surface area contributed by atoms with Crippen LogP contribution in [0.1, 0.15) is 22.3 Å². The lowest BCUT2D eigenvalue weighted by Gasteiger charge is -2.31. The zero-order chi connectivity index (χ0) is 23.3. The Morgan fingerprint density at radius 2 is 1.11 bits per heavy atom. The van der Waals surface area contributed by atoms with Gasteiger partial charge < -0.3 is 14.5 Å². The summed E-state index contributed by atoms with van der Waals surface area (Å²) in [5.74, 6) is 0. The van der Waals surface area contributed by atoms with Crippen LogP contribution in [0.2, 0.25) is 0 Å². The summed E-state index contributed by atoms with van der Waals surface area (Å²) in [6.45, 7) is 0. The Morgan fingerprint density at radius 3 is 1.71 bits per heavy atom. The number of hydrogen-bond donors (Lipinski definition) is 2. The summed E-state index contributed by atoms with van der Waals surface area (Å²) < 4.78 is 6.33. The lowest BCUT2D eigenvalue weighted by atomic mass is 9.68. The number of hydrogen-bond acceptors (Lipinski definition) is 3. The molecule has 164 valence electrons. The third kappa shape index (κ3) is 2.15. The molecule has 2 N–H and O–H groups in total. The second kappa shape index (κ2) is 6.51. The second-order valence-electron chi connectivity index (χ2n) is 9.45. The van der Waals surface area contributed by atoms with E-state index in [-0.39, 0.29) is 0 Å².